The summed E-state index contributed by atoms with van der Waals surface area (Å²) in [6, 6.07) is 11.1. The first kappa shape index (κ1) is 15.3. The lowest BCUT2D eigenvalue weighted by Crippen LogP contribution is -2.71. The summed E-state index contributed by atoms with van der Waals surface area (Å²) >= 11 is 0. The highest BCUT2D eigenvalue weighted by molar-refractivity contribution is 5.63. The summed E-state index contributed by atoms with van der Waals surface area (Å²) in [4.78, 5) is 4.93. The van der Waals surface area contributed by atoms with E-state index in [1.807, 2.05) is 0 Å². The van der Waals surface area contributed by atoms with Crippen molar-refractivity contribution in [1.82, 2.24) is 4.90 Å². The third kappa shape index (κ3) is 2.07. The van der Waals surface area contributed by atoms with E-state index >= 15 is 0 Å². The van der Waals surface area contributed by atoms with E-state index in [4.69, 9.17) is 0 Å². The first-order chi connectivity index (χ1) is 11.4. The number of anilines is 1. The number of pyridine rings is 1. The van der Waals surface area contributed by atoms with Gasteiger partial charge in [0.15, 0.2) is 12.4 Å². The van der Waals surface area contributed by atoms with Gasteiger partial charge in [0, 0.05) is 44.1 Å². The second kappa shape index (κ2) is 5.10. The smallest absolute Gasteiger partial charge is 0.201 e. The van der Waals surface area contributed by atoms with Crippen LogP contribution >= 0.6 is 0 Å². The minimum absolute atomic E-state index is 0.0257. The summed E-state index contributed by atoms with van der Waals surface area (Å²) in [5, 5.41) is 0. The maximum absolute atomic E-state index is 2.47. The summed E-state index contributed by atoms with van der Waals surface area (Å²) in [5.74, 6) is 0. The van der Waals surface area contributed by atoms with Crippen LogP contribution in [0.15, 0.2) is 48.9 Å². The highest BCUT2D eigenvalue weighted by atomic mass is 15.4. The third-order valence-electron chi connectivity index (χ3n) is 5.43. The molecule has 24 heavy (non-hydrogen) atoms. The van der Waals surface area contributed by atoms with Crippen molar-refractivity contribution in [2.45, 2.75) is 52.9 Å². The molecule has 0 spiro atoms. The van der Waals surface area contributed by atoms with Crippen molar-refractivity contribution in [1.29, 1.82) is 0 Å². The van der Waals surface area contributed by atoms with Crippen LogP contribution in [0.4, 0.5) is 5.69 Å². The molecule has 0 bridgehead atoms. The van der Waals surface area contributed by atoms with Crippen molar-refractivity contribution in [2.24, 2.45) is 0 Å². The Labute approximate surface area is 144 Å². The molecular weight excluding hydrogens is 294 g/mol. The Morgan fingerprint density at radius 1 is 1.04 bits per heavy atom. The zero-order valence-electron chi connectivity index (χ0n) is 15.2. The van der Waals surface area contributed by atoms with Gasteiger partial charge in [-0.05, 0) is 31.9 Å². The number of fused-ring (bicyclic) bond motifs is 2. The largest absolute Gasteiger partial charge is 0.340 e. The third-order valence-corrected chi connectivity index (χ3v) is 5.43. The SMILES string of the molecule is Cc1cc(C)c(N2C=CN3Cc4cccc[n+]4C(C)(C)C32)c(C)c1. The molecule has 1 unspecified atom stereocenters. The van der Waals surface area contributed by atoms with Gasteiger partial charge in [0.25, 0.3) is 0 Å². The number of aromatic nitrogens is 1. The molecule has 0 saturated carbocycles. The van der Waals surface area contributed by atoms with Gasteiger partial charge in [-0.25, -0.2) is 0 Å². The van der Waals surface area contributed by atoms with Crippen LogP contribution in [0.25, 0.3) is 0 Å². The van der Waals surface area contributed by atoms with Gasteiger partial charge in [0.05, 0.1) is 0 Å². The highest BCUT2D eigenvalue weighted by Gasteiger charge is 2.52. The van der Waals surface area contributed by atoms with Crippen molar-refractivity contribution in [3.63, 3.8) is 0 Å². The average Bonchev–Trinajstić information content (AvgIpc) is 2.91. The van der Waals surface area contributed by atoms with Crippen molar-refractivity contribution in [3.05, 3.63) is 71.3 Å². The zero-order valence-corrected chi connectivity index (χ0v) is 15.2. The maximum atomic E-state index is 2.47. The lowest BCUT2D eigenvalue weighted by molar-refractivity contribution is -0.776. The van der Waals surface area contributed by atoms with Crippen molar-refractivity contribution < 1.29 is 4.57 Å². The van der Waals surface area contributed by atoms with Gasteiger partial charge in [-0.2, -0.15) is 4.57 Å². The number of hydrogen-bond donors (Lipinski definition) is 0. The fourth-order valence-electron chi connectivity index (χ4n) is 4.62. The van der Waals surface area contributed by atoms with E-state index in [1.54, 1.807) is 0 Å². The first-order valence-electron chi connectivity index (χ1n) is 8.70. The molecule has 1 atom stereocenters. The van der Waals surface area contributed by atoms with Gasteiger partial charge >= 0.3 is 0 Å². The number of hydrogen-bond acceptors (Lipinski definition) is 2. The lowest BCUT2D eigenvalue weighted by atomic mass is 9.93. The van der Waals surface area contributed by atoms with Crippen molar-refractivity contribution >= 4 is 5.69 Å². The van der Waals surface area contributed by atoms with E-state index in [-0.39, 0.29) is 11.7 Å². The Bertz CT molecular complexity index is 812. The normalized spacial score (nSPS) is 21.0. The molecule has 2 aliphatic rings. The number of aryl methyl sites for hydroxylation is 3. The van der Waals surface area contributed by atoms with Crippen LogP contribution in [0, 0.1) is 20.8 Å². The van der Waals surface area contributed by atoms with E-state index in [2.05, 4.69) is 97.9 Å². The Kier molecular flexibility index (Phi) is 3.24. The second-order valence-corrected chi connectivity index (χ2v) is 7.71. The summed E-state index contributed by atoms with van der Waals surface area (Å²) in [6.45, 7) is 12.3. The molecule has 4 rings (SSSR count). The predicted octanol–water partition coefficient (Wildman–Crippen LogP) is 3.77. The summed E-state index contributed by atoms with van der Waals surface area (Å²) in [6.07, 6.45) is 7.01. The van der Waals surface area contributed by atoms with Crippen LogP contribution in [0.1, 0.15) is 36.2 Å². The minimum atomic E-state index is -0.0257. The second-order valence-electron chi connectivity index (χ2n) is 7.71. The fraction of sp³-hybridized carbons (Fsp3) is 0.381. The molecular formula is C21H26N3+. The molecule has 3 nitrogen and oxygen atoms in total. The number of rotatable bonds is 1. The van der Waals surface area contributed by atoms with E-state index in [0.717, 1.165) is 6.54 Å². The summed E-state index contributed by atoms with van der Waals surface area (Å²) < 4.78 is 2.44. The molecule has 3 heteroatoms. The Morgan fingerprint density at radius 3 is 2.46 bits per heavy atom. The molecule has 2 aliphatic heterocycles. The molecule has 0 aliphatic carbocycles. The van der Waals surface area contributed by atoms with Crippen LogP contribution in [-0.2, 0) is 12.1 Å². The van der Waals surface area contributed by atoms with E-state index in [1.165, 1.54) is 28.1 Å². The molecule has 0 fully saturated rings. The quantitative estimate of drug-likeness (QED) is 0.741. The molecule has 0 amide bonds. The molecule has 0 saturated heterocycles. The molecule has 2 aromatic rings. The van der Waals surface area contributed by atoms with E-state index in [0.29, 0.717) is 0 Å². The molecule has 1 aromatic heterocycles. The predicted molar refractivity (Wildman–Crippen MR) is 97.6 cm³/mol. The van der Waals surface area contributed by atoms with Crippen molar-refractivity contribution in [3.8, 4) is 0 Å². The van der Waals surface area contributed by atoms with E-state index in [9.17, 15) is 0 Å². The van der Waals surface area contributed by atoms with Gasteiger partial charge in [-0.1, -0.05) is 23.8 Å². The van der Waals surface area contributed by atoms with Crippen LogP contribution in [0.2, 0.25) is 0 Å². The lowest BCUT2D eigenvalue weighted by Gasteiger charge is -2.43. The monoisotopic (exact) mass is 320 g/mol. The number of nitrogens with zero attached hydrogens (tertiary/aromatic N) is 3. The molecule has 0 radical (unpaired) electrons. The first-order valence-corrected chi connectivity index (χ1v) is 8.70. The Balaban J connectivity index is 1.84. The summed E-state index contributed by atoms with van der Waals surface area (Å²) in [7, 11) is 0. The Hall–Kier alpha value is -2.29. The molecule has 0 N–H and O–H groups in total. The van der Waals surface area contributed by atoms with Crippen molar-refractivity contribution in [2.75, 3.05) is 4.90 Å². The summed E-state index contributed by atoms with van der Waals surface area (Å²) in [5.41, 5.74) is 6.70. The van der Waals surface area contributed by atoms with Gasteiger partial charge in [-0.15, -0.1) is 0 Å². The van der Waals surface area contributed by atoms with Crippen LogP contribution < -0.4 is 9.47 Å². The topological polar surface area (TPSA) is 10.4 Å². The van der Waals surface area contributed by atoms with Gasteiger partial charge < -0.3 is 9.80 Å². The maximum Gasteiger partial charge on any atom is 0.201 e. The molecule has 124 valence electrons. The minimum Gasteiger partial charge on any atom is -0.340 e. The molecule has 3 heterocycles. The van der Waals surface area contributed by atoms with Gasteiger partial charge in [0.1, 0.15) is 6.54 Å². The fourth-order valence-corrected chi connectivity index (χ4v) is 4.62. The highest BCUT2D eigenvalue weighted by Crippen LogP contribution is 2.38. The number of benzene rings is 1. The van der Waals surface area contributed by atoms with Crippen LogP contribution in [0.5, 0.6) is 0 Å². The molecule has 1 aromatic carbocycles. The van der Waals surface area contributed by atoms with Crippen LogP contribution in [0.3, 0.4) is 0 Å². The van der Waals surface area contributed by atoms with Crippen LogP contribution in [-0.4, -0.2) is 11.1 Å². The van der Waals surface area contributed by atoms with E-state index < -0.39 is 0 Å². The Morgan fingerprint density at radius 2 is 1.75 bits per heavy atom. The van der Waals surface area contributed by atoms with Gasteiger partial charge in [0.2, 0.25) is 11.2 Å². The average molecular weight is 320 g/mol. The van der Waals surface area contributed by atoms with Gasteiger partial charge in [-0.3, -0.25) is 0 Å². The standard InChI is InChI=1S/C21H26N3/c1-15-12-16(2)19(17(3)13-15)23-11-10-22-14-18-8-6-7-9-24(18)21(4,5)20(22)23/h6-13,20H,14H2,1-5H3/q+1. The zero-order chi connectivity index (χ0) is 17.1.